The first kappa shape index (κ1) is 13.5. The van der Waals surface area contributed by atoms with Gasteiger partial charge in [-0.3, -0.25) is 0 Å². The monoisotopic (exact) mass is 233 g/mol. The lowest BCUT2D eigenvalue weighted by molar-refractivity contribution is 0.579. The van der Waals surface area contributed by atoms with Gasteiger partial charge in [-0.05, 0) is 19.6 Å². The van der Waals surface area contributed by atoms with E-state index in [-0.39, 0.29) is 0 Å². The summed E-state index contributed by atoms with van der Waals surface area (Å²) in [5, 5.41) is 0. The van der Waals surface area contributed by atoms with Crippen LogP contribution in [0.5, 0.6) is 0 Å². The van der Waals surface area contributed by atoms with Gasteiger partial charge in [0.15, 0.2) is 9.04 Å². The highest BCUT2D eigenvalue weighted by Gasteiger charge is 2.35. The Kier molecular flexibility index (Phi) is 4.99. The highest BCUT2D eigenvalue weighted by Crippen LogP contribution is 2.20. The minimum atomic E-state index is -1.53. The van der Waals surface area contributed by atoms with Gasteiger partial charge < -0.3 is 4.12 Å². The largest absolute Gasteiger partial charge is 0.425 e. The minimum absolute atomic E-state index is 0.866. The summed E-state index contributed by atoms with van der Waals surface area (Å²) in [6.45, 7) is 18.3. The zero-order valence-corrected chi connectivity index (χ0v) is 13.3. The molecule has 0 heterocycles. The van der Waals surface area contributed by atoms with E-state index in [9.17, 15) is 0 Å². The first-order valence-corrected chi connectivity index (χ1v) is 14.5. The van der Waals surface area contributed by atoms with E-state index in [1.807, 2.05) is 0 Å². The zero-order valence-electron chi connectivity index (χ0n) is 10.1. The maximum atomic E-state index is 6.02. The first-order valence-electron chi connectivity index (χ1n) is 5.16. The quantitative estimate of drug-likeness (QED) is 0.523. The SMILES string of the molecule is [CH2+][Si@](C)(CC[Si](C)(C)C)O[SiH](C)C. The van der Waals surface area contributed by atoms with Gasteiger partial charge in [0.1, 0.15) is 0 Å². The molecule has 0 fully saturated rings. The predicted octanol–water partition coefficient (Wildman–Crippen LogP) is 3.27. The fourth-order valence-electron chi connectivity index (χ4n) is 1.27. The molecule has 0 aliphatic heterocycles. The molecule has 0 aromatic rings. The van der Waals surface area contributed by atoms with E-state index in [0.717, 1.165) is 0 Å². The van der Waals surface area contributed by atoms with Gasteiger partial charge in [0.05, 0.1) is 0 Å². The van der Waals surface area contributed by atoms with Crippen molar-refractivity contribution in [2.75, 3.05) is 0 Å². The second-order valence-corrected chi connectivity index (χ2v) is 17.7. The number of hydrogen-bond acceptors (Lipinski definition) is 1. The van der Waals surface area contributed by atoms with Gasteiger partial charge in [0.25, 0.3) is 0 Å². The Bertz CT molecular complexity index is 149. The summed E-state index contributed by atoms with van der Waals surface area (Å²) in [6, 6.07) is 2.63. The minimum Gasteiger partial charge on any atom is -0.425 e. The topological polar surface area (TPSA) is 9.23 Å². The molecule has 0 saturated heterocycles. The molecular formula is C9H25OSi3+. The van der Waals surface area contributed by atoms with Crippen molar-refractivity contribution in [3.63, 3.8) is 0 Å². The molecule has 0 unspecified atom stereocenters. The molecule has 0 saturated carbocycles. The summed E-state index contributed by atoms with van der Waals surface area (Å²) in [7, 11) is -3.28. The van der Waals surface area contributed by atoms with E-state index in [4.69, 9.17) is 4.12 Å². The summed E-state index contributed by atoms with van der Waals surface area (Å²) in [5.74, 6) is 0. The van der Waals surface area contributed by atoms with Crippen molar-refractivity contribution in [3.8, 4) is 0 Å². The lowest BCUT2D eigenvalue weighted by atomic mass is 10.9. The summed E-state index contributed by atoms with van der Waals surface area (Å²) < 4.78 is 6.02. The molecule has 4 heteroatoms. The Morgan fingerprint density at radius 3 is 1.85 bits per heavy atom. The van der Waals surface area contributed by atoms with E-state index in [2.05, 4.69) is 45.8 Å². The molecule has 0 aromatic carbocycles. The van der Waals surface area contributed by atoms with Crippen LogP contribution in [0.25, 0.3) is 0 Å². The average molecular weight is 234 g/mol. The van der Waals surface area contributed by atoms with Crippen LogP contribution in [0.1, 0.15) is 0 Å². The van der Waals surface area contributed by atoms with E-state index < -0.39 is 25.4 Å². The lowest BCUT2D eigenvalue weighted by Crippen LogP contribution is -2.38. The Morgan fingerprint density at radius 2 is 1.54 bits per heavy atom. The van der Waals surface area contributed by atoms with Crippen LogP contribution >= 0.6 is 0 Å². The van der Waals surface area contributed by atoms with Gasteiger partial charge in [-0.1, -0.05) is 25.7 Å². The van der Waals surface area contributed by atoms with Crippen LogP contribution in [-0.2, 0) is 4.12 Å². The van der Waals surface area contributed by atoms with Gasteiger partial charge in [-0.2, -0.15) is 0 Å². The van der Waals surface area contributed by atoms with Crippen molar-refractivity contribution >= 4 is 25.4 Å². The van der Waals surface area contributed by atoms with Crippen molar-refractivity contribution in [1.82, 2.24) is 0 Å². The van der Waals surface area contributed by atoms with E-state index in [1.165, 1.54) is 12.1 Å². The normalized spacial score (nSPS) is 17.5. The fourth-order valence-corrected chi connectivity index (χ4v) is 11.4. The molecule has 0 aliphatic rings. The van der Waals surface area contributed by atoms with Gasteiger partial charge in [-0.25, -0.2) is 0 Å². The van der Waals surface area contributed by atoms with Crippen molar-refractivity contribution < 1.29 is 4.12 Å². The third-order valence-corrected chi connectivity index (χ3v) is 9.64. The van der Waals surface area contributed by atoms with Crippen LogP contribution in [0.3, 0.4) is 0 Å². The van der Waals surface area contributed by atoms with Crippen molar-refractivity contribution in [1.29, 1.82) is 0 Å². The van der Waals surface area contributed by atoms with Crippen molar-refractivity contribution in [2.24, 2.45) is 0 Å². The second-order valence-electron chi connectivity index (χ2n) is 5.68. The van der Waals surface area contributed by atoms with E-state index in [0.29, 0.717) is 0 Å². The number of hydrogen-bond donors (Lipinski definition) is 0. The maximum Gasteiger partial charge on any atom is 0.396 e. The molecule has 78 valence electrons. The molecule has 0 rings (SSSR count). The van der Waals surface area contributed by atoms with E-state index >= 15 is 0 Å². The average Bonchev–Trinajstić information content (AvgIpc) is 1.79. The third-order valence-electron chi connectivity index (χ3n) is 1.92. The first-order chi connectivity index (χ1) is 5.62. The molecule has 1 nitrogen and oxygen atoms in total. The highest BCUT2D eigenvalue weighted by atomic mass is 28.4. The molecule has 13 heavy (non-hydrogen) atoms. The summed E-state index contributed by atoms with van der Waals surface area (Å²) in [6.07, 6.45) is 0. The van der Waals surface area contributed by atoms with Crippen LogP contribution in [0.2, 0.25) is 51.4 Å². The Morgan fingerprint density at radius 1 is 1.08 bits per heavy atom. The van der Waals surface area contributed by atoms with E-state index in [1.54, 1.807) is 0 Å². The van der Waals surface area contributed by atoms with Gasteiger partial charge in [0.2, 0.25) is 0 Å². The van der Waals surface area contributed by atoms with Gasteiger partial charge >= 0.3 is 8.32 Å². The van der Waals surface area contributed by atoms with Crippen molar-refractivity contribution in [3.05, 3.63) is 6.55 Å². The Balaban J connectivity index is 3.89. The highest BCUT2D eigenvalue weighted by molar-refractivity contribution is 6.83. The summed E-state index contributed by atoms with van der Waals surface area (Å²) in [4.78, 5) is 0. The summed E-state index contributed by atoms with van der Waals surface area (Å²) in [5.41, 5.74) is 0. The van der Waals surface area contributed by atoms with Gasteiger partial charge in [-0.15, -0.1) is 0 Å². The molecule has 0 N–H and O–H groups in total. The van der Waals surface area contributed by atoms with Crippen LogP contribution in [0.4, 0.5) is 0 Å². The summed E-state index contributed by atoms with van der Waals surface area (Å²) >= 11 is 0. The molecule has 0 radical (unpaired) electrons. The molecule has 1 atom stereocenters. The maximum absolute atomic E-state index is 6.02. The van der Waals surface area contributed by atoms with Gasteiger partial charge in [0, 0.05) is 20.7 Å². The van der Waals surface area contributed by atoms with Crippen LogP contribution in [0, 0.1) is 6.55 Å². The standard InChI is InChI=1S/C9H25OSi3/c1-11(2)10-13(6,7)9-8-12(3,4)5/h11H,6,8-9H2,1-5,7H3/q+1/t13-/m0/s1. The Hall–Kier alpha value is 0.481. The Labute approximate surface area is 87.8 Å². The third kappa shape index (κ3) is 8.80. The van der Waals surface area contributed by atoms with Crippen LogP contribution in [0.15, 0.2) is 0 Å². The van der Waals surface area contributed by atoms with Crippen LogP contribution in [-0.4, -0.2) is 25.4 Å². The lowest BCUT2D eigenvalue weighted by Gasteiger charge is -2.22. The zero-order chi connectivity index (χ0) is 10.7. The number of rotatable bonds is 5. The predicted molar refractivity (Wildman–Crippen MR) is 69.9 cm³/mol. The molecule has 0 aromatic heterocycles. The molecule has 0 aliphatic carbocycles. The van der Waals surface area contributed by atoms with Crippen LogP contribution < -0.4 is 0 Å². The molecule has 0 amide bonds. The second kappa shape index (κ2) is 4.82. The molecular weight excluding hydrogens is 208 g/mol. The van der Waals surface area contributed by atoms with Crippen molar-refractivity contribution in [2.45, 2.75) is 51.4 Å². The smallest absolute Gasteiger partial charge is 0.396 e. The molecule has 0 bridgehead atoms. The fraction of sp³-hybridized carbons (Fsp3) is 0.889. The molecule has 0 spiro atoms.